The average Bonchev–Trinajstić information content (AvgIpc) is 2.84. The number of ether oxygens (including phenoxy) is 1. The molecule has 0 fully saturated rings. The zero-order valence-electron chi connectivity index (χ0n) is 20.6. The summed E-state index contributed by atoms with van der Waals surface area (Å²) in [6.07, 6.45) is 0.346. The lowest BCUT2D eigenvalue weighted by Gasteiger charge is -2.23. The highest BCUT2D eigenvalue weighted by atomic mass is 19.4. The first-order valence-electron chi connectivity index (χ1n) is 11.6. The quantitative estimate of drug-likeness (QED) is 0.245. The van der Waals surface area contributed by atoms with Gasteiger partial charge in [-0.15, -0.1) is 0 Å². The highest BCUT2D eigenvalue weighted by Gasteiger charge is 2.30. The number of carbonyl (C=O) groups excluding carboxylic acids is 1. The van der Waals surface area contributed by atoms with Crippen LogP contribution in [-0.2, 0) is 23.0 Å². The fraction of sp³-hybridized carbons (Fsp3) is 0.179. The Morgan fingerprint density at radius 3 is 2.53 bits per heavy atom. The van der Waals surface area contributed by atoms with E-state index < -0.39 is 23.2 Å². The fourth-order valence-electron chi connectivity index (χ4n) is 3.84. The van der Waals surface area contributed by atoms with Crippen LogP contribution in [0.3, 0.4) is 0 Å². The predicted molar refractivity (Wildman–Crippen MR) is 138 cm³/mol. The van der Waals surface area contributed by atoms with Crippen molar-refractivity contribution in [2.24, 2.45) is 5.73 Å². The number of hydrogen-bond donors (Lipinski definition) is 3. The number of halogens is 3. The molecule has 0 bridgehead atoms. The summed E-state index contributed by atoms with van der Waals surface area (Å²) in [5, 5.41) is 14.8. The van der Waals surface area contributed by atoms with Crippen LogP contribution in [0.4, 0.5) is 24.7 Å². The number of allylic oxidation sites excluding steroid dienone is 1. The van der Waals surface area contributed by atoms with Crippen molar-refractivity contribution < 1.29 is 27.8 Å². The van der Waals surface area contributed by atoms with Crippen LogP contribution in [0.5, 0.6) is 11.5 Å². The SMILES string of the molecule is CC(C)(O)c1cc(Oc2cccc(C(F)(F)F)c2)ccc1Nc1ncnc2ccc(CC=CC(N)=O)cc12. The van der Waals surface area contributed by atoms with Gasteiger partial charge in [-0.1, -0.05) is 18.2 Å². The molecule has 0 atom stereocenters. The van der Waals surface area contributed by atoms with Crippen molar-refractivity contribution >= 4 is 28.3 Å². The van der Waals surface area contributed by atoms with E-state index in [4.69, 9.17) is 10.5 Å². The molecule has 4 aromatic rings. The maximum absolute atomic E-state index is 13.1. The number of nitrogens with one attached hydrogen (secondary N) is 1. The van der Waals surface area contributed by atoms with Gasteiger partial charge in [0.2, 0.25) is 5.91 Å². The highest BCUT2D eigenvalue weighted by molar-refractivity contribution is 5.91. The fourth-order valence-corrected chi connectivity index (χ4v) is 3.84. The van der Waals surface area contributed by atoms with E-state index in [2.05, 4.69) is 15.3 Å². The lowest BCUT2D eigenvalue weighted by molar-refractivity contribution is -0.137. The van der Waals surface area contributed by atoms with Gasteiger partial charge in [-0.05, 0) is 80.4 Å². The second kappa shape index (κ2) is 10.5. The zero-order chi connectivity index (χ0) is 27.5. The molecule has 0 saturated heterocycles. The van der Waals surface area contributed by atoms with Crippen LogP contribution >= 0.6 is 0 Å². The Morgan fingerprint density at radius 1 is 1.05 bits per heavy atom. The molecular formula is C28H25F3N4O3. The molecule has 0 saturated carbocycles. The number of aromatic nitrogens is 2. The van der Waals surface area contributed by atoms with Crippen molar-refractivity contribution in [2.75, 3.05) is 5.32 Å². The molecule has 196 valence electrons. The monoisotopic (exact) mass is 522 g/mol. The summed E-state index contributed by atoms with van der Waals surface area (Å²) in [4.78, 5) is 19.6. The van der Waals surface area contributed by atoms with Crippen LogP contribution < -0.4 is 15.8 Å². The summed E-state index contributed by atoms with van der Waals surface area (Å²) >= 11 is 0. The molecule has 3 aromatic carbocycles. The number of fused-ring (bicyclic) bond motifs is 1. The van der Waals surface area contributed by atoms with Gasteiger partial charge in [0.25, 0.3) is 0 Å². The van der Waals surface area contributed by atoms with Crippen molar-refractivity contribution in [3.63, 3.8) is 0 Å². The van der Waals surface area contributed by atoms with Crippen molar-refractivity contribution in [3.8, 4) is 11.5 Å². The van der Waals surface area contributed by atoms with E-state index in [1.807, 2.05) is 18.2 Å². The van der Waals surface area contributed by atoms with Gasteiger partial charge in [0.1, 0.15) is 23.6 Å². The van der Waals surface area contributed by atoms with Crippen LogP contribution in [0.2, 0.25) is 0 Å². The Morgan fingerprint density at radius 2 is 1.82 bits per heavy atom. The Bertz CT molecular complexity index is 1510. The second-order valence-corrected chi connectivity index (χ2v) is 9.10. The number of hydrogen-bond acceptors (Lipinski definition) is 6. The number of benzene rings is 3. The van der Waals surface area contributed by atoms with E-state index >= 15 is 0 Å². The minimum atomic E-state index is -4.50. The lowest BCUT2D eigenvalue weighted by atomic mass is 9.96. The van der Waals surface area contributed by atoms with E-state index in [1.165, 1.54) is 24.5 Å². The molecule has 0 aliphatic rings. The van der Waals surface area contributed by atoms with Gasteiger partial charge in [0.05, 0.1) is 16.7 Å². The minimum Gasteiger partial charge on any atom is -0.457 e. The number of rotatable bonds is 8. The molecule has 0 spiro atoms. The van der Waals surface area contributed by atoms with Gasteiger partial charge in [-0.2, -0.15) is 13.2 Å². The van der Waals surface area contributed by atoms with Crippen LogP contribution in [0.25, 0.3) is 10.9 Å². The first-order valence-corrected chi connectivity index (χ1v) is 11.6. The van der Waals surface area contributed by atoms with Gasteiger partial charge >= 0.3 is 6.18 Å². The first-order chi connectivity index (χ1) is 17.9. The molecule has 1 heterocycles. The number of amides is 1. The van der Waals surface area contributed by atoms with Gasteiger partial charge in [-0.25, -0.2) is 9.97 Å². The van der Waals surface area contributed by atoms with E-state index in [1.54, 1.807) is 38.1 Å². The molecule has 1 aromatic heterocycles. The number of carbonyl (C=O) groups is 1. The Hall–Kier alpha value is -4.44. The molecule has 4 N–H and O–H groups in total. The molecular weight excluding hydrogens is 497 g/mol. The van der Waals surface area contributed by atoms with Gasteiger partial charge in [0, 0.05) is 16.6 Å². The third-order valence-electron chi connectivity index (χ3n) is 5.64. The molecule has 38 heavy (non-hydrogen) atoms. The number of aliphatic hydroxyl groups is 1. The van der Waals surface area contributed by atoms with Gasteiger partial charge in [-0.3, -0.25) is 4.79 Å². The van der Waals surface area contributed by atoms with E-state index in [0.29, 0.717) is 34.4 Å². The summed E-state index contributed by atoms with van der Waals surface area (Å²) < 4.78 is 45.0. The topological polar surface area (TPSA) is 110 Å². The third-order valence-corrected chi connectivity index (χ3v) is 5.64. The molecule has 10 heteroatoms. The van der Waals surface area contributed by atoms with E-state index in [-0.39, 0.29) is 11.5 Å². The van der Waals surface area contributed by atoms with Crippen molar-refractivity contribution in [1.29, 1.82) is 0 Å². The Balaban J connectivity index is 1.67. The van der Waals surface area contributed by atoms with Gasteiger partial charge < -0.3 is 20.9 Å². The maximum atomic E-state index is 13.1. The standard InChI is InChI=1S/C28H25F3N4O3/c1-27(2,37)22-15-20(38-19-7-4-6-18(14-19)28(29,30)31)10-12-24(22)35-26-21-13-17(5-3-8-25(32)36)9-11-23(21)33-16-34-26/h3-4,6-16,37H,5H2,1-2H3,(H2,32,36)(H,33,34,35). The molecule has 0 aliphatic heterocycles. The first kappa shape index (κ1) is 26.6. The van der Waals surface area contributed by atoms with E-state index in [0.717, 1.165) is 17.7 Å². The van der Waals surface area contributed by atoms with Crippen LogP contribution in [0.1, 0.15) is 30.5 Å². The minimum absolute atomic E-state index is 0.0157. The summed E-state index contributed by atoms with van der Waals surface area (Å²) in [5.41, 5.74) is 5.54. The number of nitrogens with two attached hydrogens (primary N) is 1. The Labute approximate surface area is 216 Å². The number of anilines is 2. The molecule has 0 aliphatic carbocycles. The van der Waals surface area contributed by atoms with E-state index in [9.17, 15) is 23.1 Å². The maximum Gasteiger partial charge on any atom is 0.416 e. The summed E-state index contributed by atoms with van der Waals surface area (Å²) in [5.74, 6) is 0.217. The summed E-state index contributed by atoms with van der Waals surface area (Å²) in [6.45, 7) is 3.17. The van der Waals surface area contributed by atoms with Crippen molar-refractivity contribution in [2.45, 2.75) is 32.0 Å². The lowest BCUT2D eigenvalue weighted by Crippen LogP contribution is -2.18. The smallest absolute Gasteiger partial charge is 0.416 e. The number of nitrogens with zero attached hydrogens (tertiary/aromatic N) is 2. The Kier molecular flexibility index (Phi) is 7.36. The molecule has 0 unspecified atom stereocenters. The highest BCUT2D eigenvalue weighted by Crippen LogP contribution is 2.37. The average molecular weight is 523 g/mol. The largest absolute Gasteiger partial charge is 0.457 e. The molecule has 1 amide bonds. The van der Waals surface area contributed by atoms with Gasteiger partial charge in [0.15, 0.2) is 0 Å². The van der Waals surface area contributed by atoms with Crippen LogP contribution in [-0.4, -0.2) is 21.0 Å². The normalized spacial score (nSPS) is 12.2. The number of primary amides is 1. The molecule has 7 nitrogen and oxygen atoms in total. The second-order valence-electron chi connectivity index (χ2n) is 9.10. The number of alkyl halides is 3. The van der Waals surface area contributed by atoms with Crippen molar-refractivity contribution in [1.82, 2.24) is 9.97 Å². The summed E-state index contributed by atoms with van der Waals surface area (Å²) in [6, 6.07) is 15.0. The third kappa shape index (κ3) is 6.46. The van der Waals surface area contributed by atoms with Crippen LogP contribution in [0, 0.1) is 0 Å². The molecule has 0 radical (unpaired) electrons. The van der Waals surface area contributed by atoms with Crippen LogP contribution in [0.15, 0.2) is 79.1 Å². The molecule has 4 rings (SSSR count). The predicted octanol–water partition coefficient (Wildman–Crippen LogP) is 6.00. The zero-order valence-corrected chi connectivity index (χ0v) is 20.6. The van der Waals surface area contributed by atoms with Crippen molar-refractivity contribution in [3.05, 3.63) is 95.8 Å². The summed E-state index contributed by atoms with van der Waals surface area (Å²) in [7, 11) is 0.